The predicted octanol–water partition coefficient (Wildman–Crippen LogP) is 1.61. The maximum Gasteiger partial charge on any atom is 0.228 e. The van der Waals surface area contributed by atoms with Gasteiger partial charge in [-0.3, -0.25) is 10.2 Å². The number of benzene rings is 1. The van der Waals surface area contributed by atoms with Gasteiger partial charge in [-0.2, -0.15) is 0 Å². The Balaban J connectivity index is 1.90. The minimum absolute atomic E-state index is 0.0179. The van der Waals surface area contributed by atoms with E-state index in [0.717, 1.165) is 22.5 Å². The van der Waals surface area contributed by atoms with Crippen LogP contribution in [0, 0.1) is 5.41 Å². The van der Waals surface area contributed by atoms with Crippen LogP contribution in [0.25, 0.3) is 11.3 Å². The topological polar surface area (TPSA) is 104 Å². The van der Waals surface area contributed by atoms with Crippen molar-refractivity contribution in [2.45, 2.75) is 6.42 Å². The number of rotatable bonds is 2. The first kappa shape index (κ1) is 11.7. The van der Waals surface area contributed by atoms with Crippen molar-refractivity contribution in [3.63, 3.8) is 0 Å². The average molecular weight is 273 g/mol. The number of amides is 1. The van der Waals surface area contributed by atoms with Gasteiger partial charge < -0.3 is 16.4 Å². The minimum atomic E-state index is -0.135. The Labute approximate surface area is 113 Å². The summed E-state index contributed by atoms with van der Waals surface area (Å²) in [5, 5.41) is 15.1. The molecule has 1 aliphatic rings. The Morgan fingerprint density at radius 2 is 2.37 bits per heavy atom. The van der Waals surface area contributed by atoms with Crippen LogP contribution in [0.3, 0.4) is 0 Å². The van der Waals surface area contributed by atoms with E-state index in [-0.39, 0.29) is 11.9 Å². The number of anilines is 2. The van der Waals surface area contributed by atoms with Gasteiger partial charge in [-0.25, -0.2) is 4.98 Å². The number of carbonyl (C=O) groups is 1. The van der Waals surface area contributed by atoms with Crippen LogP contribution >= 0.6 is 11.3 Å². The summed E-state index contributed by atoms with van der Waals surface area (Å²) in [7, 11) is 0. The molecule has 0 atom stereocenters. The monoisotopic (exact) mass is 273 g/mol. The first-order valence-electron chi connectivity index (χ1n) is 5.61. The first-order valence-corrected chi connectivity index (χ1v) is 6.49. The van der Waals surface area contributed by atoms with E-state index in [0.29, 0.717) is 11.6 Å². The fraction of sp³-hybridized carbons (Fsp3) is 0.0833. The lowest BCUT2D eigenvalue weighted by Gasteiger charge is -2.01. The van der Waals surface area contributed by atoms with Crippen LogP contribution in [0.1, 0.15) is 5.56 Å². The molecule has 1 aromatic carbocycles. The summed E-state index contributed by atoms with van der Waals surface area (Å²) >= 11 is 1.38. The number of nitrogens with two attached hydrogens (primary N) is 1. The van der Waals surface area contributed by atoms with Gasteiger partial charge in [0.1, 0.15) is 0 Å². The van der Waals surface area contributed by atoms with Gasteiger partial charge in [0.15, 0.2) is 11.1 Å². The summed E-state index contributed by atoms with van der Waals surface area (Å²) in [4.78, 5) is 15.6. The van der Waals surface area contributed by atoms with Crippen LogP contribution in [0.15, 0.2) is 23.6 Å². The molecule has 1 aromatic heterocycles. The van der Waals surface area contributed by atoms with Crippen molar-refractivity contribution in [1.29, 1.82) is 5.41 Å². The molecule has 6 nitrogen and oxygen atoms in total. The fourth-order valence-electron chi connectivity index (χ4n) is 1.97. The molecule has 0 unspecified atom stereocenters. The molecule has 0 fully saturated rings. The van der Waals surface area contributed by atoms with Gasteiger partial charge in [-0.15, -0.1) is 11.3 Å². The second-order valence-electron chi connectivity index (χ2n) is 4.17. The van der Waals surface area contributed by atoms with E-state index in [9.17, 15) is 4.79 Å². The van der Waals surface area contributed by atoms with Gasteiger partial charge >= 0.3 is 0 Å². The highest BCUT2D eigenvalue weighted by molar-refractivity contribution is 7.14. The van der Waals surface area contributed by atoms with E-state index >= 15 is 0 Å². The van der Waals surface area contributed by atoms with E-state index in [1.807, 2.05) is 23.6 Å². The highest BCUT2D eigenvalue weighted by Gasteiger charge is 2.18. The van der Waals surface area contributed by atoms with Gasteiger partial charge in [-0.1, -0.05) is 6.07 Å². The molecule has 0 saturated carbocycles. The molecule has 0 bridgehead atoms. The summed E-state index contributed by atoms with van der Waals surface area (Å²) in [6.45, 7) is 0. The normalized spacial score (nSPS) is 12.9. The third-order valence-electron chi connectivity index (χ3n) is 2.77. The van der Waals surface area contributed by atoms with Crippen LogP contribution in [-0.4, -0.2) is 16.9 Å². The van der Waals surface area contributed by atoms with Gasteiger partial charge in [0.2, 0.25) is 5.91 Å². The molecule has 3 rings (SSSR count). The van der Waals surface area contributed by atoms with Crippen LogP contribution in [-0.2, 0) is 11.2 Å². The third-order valence-corrected chi connectivity index (χ3v) is 3.53. The average Bonchev–Trinajstić information content (AvgIpc) is 2.92. The minimum Gasteiger partial charge on any atom is -0.370 e. The zero-order chi connectivity index (χ0) is 13.4. The van der Waals surface area contributed by atoms with Crippen molar-refractivity contribution in [1.82, 2.24) is 4.98 Å². The van der Waals surface area contributed by atoms with Crippen molar-refractivity contribution in [3.05, 3.63) is 29.1 Å². The Bertz CT molecular complexity index is 679. The quantitative estimate of drug-likeness (QED) is 0.493. The number of guanidine groups is 1. The number of fused-ring (bicyclic) bond motifs is 1. The number of nitrogens with zero attached hydrogens (tertiary/aromatic N) is 1. The van der Waals surface area contributed by atoms with E-state index in [4.69, 9.17) is 11.1 Å². The van der Waals surface area contributed by atoms with Crippen molar-refractivity contribution >= 4 is 34.0 Å². The molecule has 5 N–H and O–H groups in total. The van der Waals surface area contributed by atoms with Gasteiger partial charge in [0.05, 0.1) is 12.1 Å². The Morgan fingerprint density at radius 3 is 3.16 bits per heavy atom. The van der Waals surface area contributed by atoms with Crippen molar-refractivity contribution in [2.75, 3.05) is 10.6 Å². The molecule has 0 saturated heterocycles. The smallest absolute Gasteiger partial charge is 0.228 e. The van der Waals surface area contributed by atoms with Gasteiger partial charge in [-0.05, 0) is 17.7 Å². The van der Waals surface area contributed by atoms with Gasteiger partial charge in [0.25, 0.3) is 0 Å². The fourth-order valence-corrected chi connectivity index (χ4v) is 2.70. The molecule has 2 heterocycles. The molecule has 1 aliphatic heterocycles. The number of aromatic nitrogens is 1. The number of hydrogen-bond acceptors (Lipinski definition) is 4. The maximum absolute atomic E-state index is 11.3. The predicted molar refractivity (Wildman–Crippen MR) is 75.4 cm³/mol. The second kappa shape index (κ2) is 4.36. The van der Waals surface area contributed by atoms with E-state index < -0.39 is 0 Å². The molecule has 19 heavy (non-hydrogen) atoms. The summed E-state index contributed by atoms with van der Waals surface area (Å²) in [6.07, 6.45) is 0.409. The standard InChI is InChI=1S/C12H11N5OS/c13-11(14)17-12-16-9(5-19-12)6-1-2-8-7(3-6)4-10(18)15-8/h1-3,5H,4H2,(H,15,18)(H4,13,14,16,17). The van der Waals surface area contributed by atoms with Crippen LogP contribution in [0.2, 0.25) is 0 Å². The van der Waals surface area contributed by atoms with Crippen LogP contribution in [0.4, 0.5) is 10.8 Å². The summed E-state index contributed by atoms with van der Waals surface area (Å²) in [5.74, 6) is -0.117. The molecule has 0 spiro atoms. The number of nitrogens with one attached hydrogen (secondary N) is 3. The third kappa shape index (κ3) is 2.27. The Hall–Kier alpha value is -2.41. The Morgan fingerprint density at radius 1 is 1.53 bits per heavy atom. The zero-order valence-electron chi connectivity index (χ0n) is 9.86. The largest absolute Gasteiger partial charge is 0.370 e. The lowest BCUT2D eigenvalue weighted by molar-refractivity contribution is -0.115. The highest BCUT2D eigenvalue weighted by Crippen LogP contribution is 2.30. The highest BCUT2D eigenvalue weighted by atomic mass is 32.1. The van der Waals surface area contributed by atoms with Crippen molar-refractivity contribution in [2.24, 2.45) is 5.73 Å². The zero-order valence-corrected chi connectivity index (χ0v) is 10.7. The number of hydrogen-bond donors (Lipinski definition) is 4. The molecule has 2 aromatic rings. The SMILES string of the molecule is N=C(N)Nc1nc(-c2ccc3c(c2)CC(=O)N3)cs1. The molecular weight excluding hydrogens is 262 g/mol. The van der Waals surface area contributed by atoms with Crippen LogP contribution in [0.5, 0.6) is 0 Å². The summed E-state index contributed by atoms with van der Waals surface area (Å²) in [5.41, 5.74) is 8.85. The van der Waals surface area contributed by atoms with E-state index in [1.54, 1.807) is 0 Å². The Kier molecular flexibility index (Phi) is 2.68. The summed E-state index contributed by atoms with van der Waals surface area (Å²) in [6, 6.07) is 5.75. The molecule has 7 heteroatoms. The molecular formula is C12H11N5OS. The molecule has 96 valence electrons. The lowest BCUT2D eigenvalue weighted by Crippen LogP contribution is -2.20. The van der Waals surface area contributed by atoms with Gasteiger partial charge in [0, 0.05) is 16.6 Å². The first-order chi connectivity index (χ1) is 9.11. The molecule has 0 aliphatic carbocycles. The maximum atomic E-state index is 11.3. The van der Waals surface area contributed by atoms with E-state index in [1.165, 1.54) is 11.3 Å². The van der Waals surface area contributed by atoms with E-state index in [2.05, 4.69) is 15.6 Å². The van der Waals surface area contributed by atoms with Crippen molar-refractivity contribution < 1.29 is 4.79 Å². The van der Waals surface area contributed by atoms with Crippen LogP contribution < -0.4 is 16.4 Å². The number of thiazole rings is 1. The molecule has 0 radical (unpaired) electrons. The van der Waals surface area contributed by atoms with Crippen molar-refractivity contribution in [3.8, 4) is 11.3 Å². The molecule has 1 amide bonds. The lowest BCUT2D eigenvalue weighted by atomic mass is 10.1. The number of carbonyl (C=O) groups excluding carboxylic acids is 1. The second-order valence-corrected chi connectivity index (χ2v) is 5.03. The summed E-state index contributed by atoms with van der Waals surface area (Å²) < 4.78 is 0.